The van der Waals surface area contributed by atoms with Gasteiger partial charge in [0, 0.05) is 6.54 Å². The molecule has 27 heavy (non-hydrogen) atoms. The van der Waals surface area contributed by atoms with E-state index in [1.807, 2.05) is 38.1 Å². The summed E-state index contributed by atoms with van der Waals surface area (Å²) in [5.41, 5.74) is 6.03. The second-order valence-corrected chi connectivity index (χ2v) is 7.34. The van der Waals surface area contributed by atoms with Crippen molar-refractivity contribution in [2.45, 2.75) is 58.5 Å². The molecule has 142 valence electrons. The van der Waals surface area contributed by atoms with Crippen LogP contribution in [0.4, 0.5) is 0 Å². The highest BCUT2D eigenvalue weighted by molar-refractivity contribution is 6.35. The summed E-state index contributed by atoms with van der Waals surface area (Å²) in [4.78, 5) is 24.5. The molecule has 0 bridgehead atoms. The predicted molar refractivity (Wildman–Crippen MR) is 107 cm³/mol. The quantitative estimate of drug-likeness (QED) is 0.794. The van der Waals surface area contributed by atoms with E-state index in [0.717, 1.165) is 30.4 Å². The highest BCUT2D eigenvalue weighted by Crippen LogP contribution is 2.26. The Balaban J connectivity index is 1.59. The van der Waals surface area contributed by atoms with Gasteiger partial charge >= 0.3 is 11.8 Å². The molecule has 0 fully saturated rings. The summed E-state index contributed by atoms with van der Waals surface area (Å²) in [6.07, 6.45) is 5.46. The van der Waals surface area contributed by atoms with Gasteiger partial charge in [0.05, 0.1) is 6.04 Å². The van der Waals surface area contributed by atoms with Crippen molar-refractivity contribution in [2.75, 3.05) is 0 Å². The van der Waals surface area contributed by atoms with E-state index in [0.29, 0.717) is 6.54 Å². The molecule has 0 aromatic heterocycles. The second-order valence-electron chi connectivity index (χ2n) is 7.34. The third-order valence-corrected chi connectivity index (χ3v) is 5.27. The number of rotatable bonds is 5. The van der Waals surface area contributed by atoms with Gasteiger partial charge in [-0.15, -0.1) is 0 Å². The van der Waals surface area contributed by atoms with Crippen LogP contribution < -0.4 is 10.6 Å². The molecule has 0 spiro atoms. The molecule has 1 aliphatic rings. The molecular weight excluding hydrogens is 336 g/mol. The number of fused-ring (bicyclic) bond motifs is 1. The Bertz CT molecular complexity index is 812. The minimum atomic E-state index is -0.591. The molecule has 1 unspecified atom stereocenters. The normalized spacial score (nSPS) is 14.1. The number of hydrogen-bond donors (Lipinski definition) is 2. The molecule has 4 heteroatoms. The standard InChI is InChI=1S/C23H28N2O2/c1-3-21(20-13-12-18-6-4-5-7-19(18)14-20)25-23(27)22(26)24-15-17-10-8-16(2)9-11-17/h8-14,21H,3-7,15H2,1-2H3,(H,24,26)(H,25,27). The van der Waals surface area contributed by atoms with E-state index < -0.39 is 11.8 Å². The van der Waals surface area contributed by atoms with E-state index in [9.17, 15) is 9.59 Å². The summed E-state index contributed by atoms with van der Waals surface area (Å²) < 4.78 is 0. The van der Waals surface area contributed by atoms with Gasteiger partial charge in [-0.2, -0.15) is 0 Å². The monoisotopic (exact) mass is 364 g/mol. The Morgan fingerprint density at radius 3 is 2.37 bits per heavy atom. The zero-order valence-electron chi connectivity index (χ0n) is 16.2. The Hall–Kier alpha value is -2.62. The summed E-state index contributed by atoms with van der Waals surface area (Å²) in [5, 5.41) is 5.58. The molecule has 1 aliphatic carbocycles. The lowest BCUT2D eigenvalue weighted by molar-refractivity contribution is -0.139. The van der Waals surface area contributed by atoms with Crippen molar-refractivity contribution < 1.29 is 9.59 Å². The lowest BCUT2D eigenvalue weighted by atomic mass is 9.89. The zero-order chi connectivity index (χ0) is 19.2. The van der Waals surface area contributed by atoms with Crippen LogP contribution in [0.3, 0.4) is 0 Å². The van der Waals surface area contributed by atoms with E-state index in [1.165, 1.54) is 29.5 Å². The fourth-order valence-electron chi connectivity index (χ4n) is 3.58. The zero-order valence-corrected chi connectivity index (χ0v) is 16.2. The molecule has 3 rings (SSSR count). The Morgan fingerprint density at radius 1 is 0.963 bits per heavy atom. The molecule has 0 saturated heterocycles. The van der Waals surface area contributed by atoms with Crippen LogP contribution in [0.25, 0.3) is 0 Å². The van der Waals surface area contributed by atoms with Crippen molar-refractivity contribution in [3.8, 4) is 0 Å². The average molecular weight is 364 g/mol. The van der Waals surface area contributed by atoms with Gasteiger partial charge in [0.25, 0.3) is 0 Å². The third kappa shape index (κ3) is 4.97. The highest BCUT2D eigenvalue weighted by Gasteiger charge is 2.20. The van der Waals surface area contributed by atoms with Crippen LogP contribution in [0.2, 0.25) is 0 Å². The molecule has 4 nitrogen and oxygen atoms in total. The SMILES string of the molecule is CCC(NC(=O)C(=O)NCc1ccc(C)cc1)c1ccc2c(c1)CCCC2. The molecule has 0 aliphatic heterocycles. The lowest BCUT2D eigenvalue weighted by Crippen LogP contribution is -2.41. The smallest absolute Gasteiger partial charge is 0.309 e. The van der Waals surface area contributed by atoms with E-state index in [4.69, 9.17) is 0 Å². The van der Waals surface area contributed by atoms with Gasteiger partial charge in [-0.3, -0.25) is 9.59 Å². The van der Waals surface area contributed by atoms with Gasteiger partial charge < -0.3 is 10.6 Å². The number of hydrogen-bond acceptors (Lipinski definition) is 2. The van der Waals surface area contributed by atoms with Gasteiger partial charge in [-0.1, -0.05) is 55.0 Å². The fraction of sp³-hybridized carbons (Fsp3) is 0.391. The van der Waals surface area contributed by atoms with Crippen molar-refractivity contribution in [3.63, 3.8) is 0 Å². The maximum absolute atomic E-state index is 12.3. The Labute approximate surface area is 161 Å². The first-order chi connectivity index (χ1) is 13.1. The second kappa shape index (κ2) is 8.85. The highest BCUT2D eigenvalue weighted by atomic mass is 16.2. The summed E-state index contributed by atoms with van der Waals surface area (Å²) in [6, 6.07) is 14.2. The van der Waals surface area contributed by atoms with Crippen LogP contribution in [0.5, 0.6) is 0 Å². The molecule has 1 atom stereocenters. The van der Waals surface area contributed by atoms with E-state index in [1.54, 1.807) is 0 Å². The van der Waals surface area contributed by atoms with Crippen LogP contribution in [0.15, 0.2) is 42.5 Å². The van der Waals surface area contributed by atoms with Crippen molar-refractivity contribution in [2.24, 2.45) is 0 Å². The van der Waals surface area contributed by atoms with Crippen molar-refractivity contribution in [1.29, 1.82) is 0 Å². The molecular formula is C23H28N2O2. The van der Waals surface area contributed by atoms with Crippen molar-refractivity contribution >= 4 is 11.8 Å². The van der Waals surface area contributed by atoms with Gasteiger partial charge in [-0.05, 0) is 61.3 Å². The van der Waals surface area contributed by atoms with Crippen LogP contribution in [-0.2, 0) is 29.0 Å². The van der Waals surface area contributed by atoms with Crippen LogP contribution in [0, 0.1) is 6.92 Å². The largest absolute Gasteiger partial charge is 0.344 e. The lowest BCUT2D eigenvalue weighted by Gasteiger charge is -2.21. The maximum Gasteiger partial charge on any atom is 0.309 e. The van der Waals surface area contributed by atoms with E-state index >= 15 is 0 Å². The van der Waals surface area contributed by atoms with Crippen molar-refractivity contribution in [1.82, 2.24) is 10.6 Å². The topological polar surface area (TPSA) is 58.2 Å². The van der Waals surface area contributed by atoms with Crippen LogP contribution in [0.1, 0.15) is 60.0 Å². The fourth-order valence-corrected chi connectivity index (χ4v) is 3.58. The summed E-state index contributed by atoms with van der Waals surface area (Å²) >= 11 is 0. The van der Waals surface area contributed by atoms with Gasteiger partial charge in [0.15, 0.2) is 0 Å². The average Bonchev–Trinajstić information content (AvgIpc) is 2.70. The summed E-state index contributed by atoms with van der Waals surface area (Å²) in [7, 11) is 0. The minimum absolute atomic E-state index is 0.144. The maximum atomic E-state index is 12.3. The van der Waals surface area contributed by atoms with E-state index in [-0.39, 0.29) is 6.04 Å². The first-order valence-corrected chi connectivity index (χ1v) is 9.82. The molecule has 2 N–H and O–H groups in total. The molecule has 2 aromatic carbocycles. The van der Waals surface area contributed by atoms with Crippen molar-refractivity contribution in [3.05, 3.63) is 70.3 Å². The molecule has 0 heterocycles. The number of carbonyl (C=O) groups is 2. The Kier molecular flexibility index (Phi) is 6.28. The molecule has 0 saturated carbocycles. The number of nitrogens with one attached hydrogen (secondary N) is 2. The van der Waals surface area contributed by atoms with E-state index in [2.05, 4.69) is 28.8 Å². The Morgan fingerprint density at radius 2 is 1.67 bits per heavy atom. The molecule has 0 radical (unpaired) electrons. The molecule has 2 aromatic rings. The van der Waals surface area contributed by atoms with Crippen LogP contribution >= 0.6 is 0 Å². The summed E-state index contributed by atoms with van der Waals surface area (Å²) in [5.74, 6) is -1.17. The van der Waals surface area contributed by atoms with Crippen LogP contribution in [-0.4, -0.2) is 11.8 Å². The predicted octanol–water partition coefficient (Wildman–Crippen LogP) is 3.76. The first-order valence-electron chi connectivity index (χ1n) is 9.82. The summed E-state index contributed by atoms with van der Waals surface area (Å²) in [6.45, 7) is 4.39. The molecule has 2 amide bonds. The number of amides is 2. The number of benzene rings is 2. The van der Waals surface area contributed by atoms with Gasteiger partial charge in [0.1, 0.15) is 0 Å². The number of carbonyl (C=O) groups excluding carboxylic acids is 2. The first kappa shape index (κ1) is 19.2. The number of aryl methyl sites for hydroxylation is 3. The van der Waals surface area contributed by atoms with Gasteiger partial charge in [-0.25, -0.2) is 0 Å². The minimum Gasteiger partial charge on any atom is -0.344 e. The third-order valence-electron chi connectivity index (χ3n) is 5.27. The van der Waals surface area contributed by atoms with Gasteiger partial charge in [0.2, 0.25) is 0 Å².